The smallest absolute Gasteiger partial charge is 0.336 e. The third kappa shape index (κ3) is 9.83. The standard InChI is InChI=1S/C34H46O7/c1-5-6-7-8-9-10-11-12-13-14-15-16-17-18-32(35)40-29-21-25(19-20-28(29)38-3)27-24-33(36)41-31-23-26(37-2)22-30(39-4)34(27)31/h19-24H,5-18H2,1-4H3. The number of benzene rings is 2. The van der Waals surface area contributed by atoms with Gasteiger partial charge in [0, 0.05) is 30.2 Å². The van der Waals surface area contributed by atoms with Crippen molar-refractivity contribution in [2.24, 2.45) is 0 Å². The summed E-state index contributed by atoms with van der Waals surface area (Å²) in [6.45, 7) is 2.26. The molecule has 3 aromatic rings. The van der Waals surface area contributed by atoms with Crippen molar-refractivity contribution in [2.45, 2.75) is 96.8 Å². The lowest BCUT2D eigenvalue weighted by Crippen LogP contribution is -2.08. The first-order chi connectivity index (χ1) is 20.0. The van der Waals surface area contributed by atoms with Gasteiger partial charge in [-0.3, -0.25) is 4.79 Å². The Hall–Kier alpha value is -3.48. The number of ether oxygens (including phenoxy) is 4. The predicted molar refractivity (Wildman–Crippen MR) is 164 cm³/mol. The maximum absolute atomic E-state index is 12.7. The van der Waals surface area contributed by atoms with Gasteiger partial charge in [-0.1, -0.05) is 90.0 Å². The van der Waals surface area contributed by atoms with Crippen molar-refractivity contribution in [1.29, 1.82) is 0 Å². The highest BCUT2D eigenvalue weighted by Crippen LogP contribution is 2.40. The number of hydrogen-bond acceptors (Lipinski definition) is 7. The minimum Gasteiger partial charge on any atom is -0.496 e. The molecule has 0 saturated carbocycles. The normalized spacial score (nSPS) is 11.0. The molecule has 1 aromatic heterocycles. The maximum Gasteiger partial charge on any atom is 0.336 e. The Balaban J connectivity index is 1.55. The summed E-state index contributed by atoms with van der Waals surface area (Å²) in [7, 11) is 4.60. The highest BCUT2D eigenvalue weighted by Gasteiger charge is 2.18. The average Bonchev–Trinajstić information content (AvgIpc) is 2.98. The lowest BCUT2D eigenvalue weighted by Gasteiger charge is -2.14. The molecule has 41 heavy (non-hydrogen) atoms. The quantitative estimate of drug-likeness (QED) is 0.0620. The van der Waals surface area contributed by atoms with Crippen LogP contribution in [0.5, 0.6) is 23.0 Å². The number of carbonyl (C=O) groups excluding carboxylic acids is 1. The van der Waals surface area contributed by atoms with Crippen molar-refractivity contribution in [3.63, 3.8) is 0 Å². The summed E-state index contributed by atoms with van der Waals surface area (Å²) >= 11 is 0. The molecule has 3 rings (SSSR count). The topological polar surface area (TPSA) is 84.2 Å². The highest BCUT2D eigenvalue weighted by atomic mass is 16.6. The van der Waals surface area contributed by atoms with Crippen molar-refractivity contribution in [3.05, 3.63) is 46.8 Å². The molecule has 0 amide bonds. The zero-order valence-electron chi connectivity index (χ0n) is 25.2. The van der Waals surface area contributed by atoms with Crippen LogP contribution in [0.3, 0.4) is 0 Å². The first kappa shape index (κ1) is 32.0. The molecule has 0 spiro atoms. The third-order valence-electron chi connectivity index (χ3n) is 7.42. The van der Waals surface area contributed by atoms with Gasteiger partial charge < -0.3 is 23.4 Å². The molecule has 0 atom stereocenters. The predicted octanol–water partition coefficient (Wildman–Crippen LogP) is 8.87. The molecule has 224 valence electrons. The maximum atomic E-state index is 12.7. The molecule has 0 aliphatic heterocycles. The van der Waals surface area contributed by atoms with Crippen molar-refractivity contribution in [1.82, 2.24) is 0 Å². The number of esters is 1. The summed E-state index contributed by atoms with van der Waals surface area (Å²) in [6.07, 6.45) is 16.6. The van der Waals surface area contributed by atoms with E-state index in [0.29, 0.717) is 51.5 Å². The van der Waals surface area contributed by atoms with Crippen molar-refractivity contribution in [2.75, 3.05) is 21.3 Å². The van der Waals surface area contributed by atoms with Crippen LogP contribution >= 0.6 is 0 Å². The molecule has 0 fully saturated rings. The Labute approximate surface area is 244 Å². The molecule has 1 heterocycles. The second-order valence-corrected chi connectivity index (χ2v) is 10.5. The Morgan fingerprint density at radius 2 is 1.29 bits per heavy atom. The largest absolute Gasteiger partial charge is 0.496 e. The van der Waals surface area contributed by atoms with Gasteiger partial charge in [0.15, 0.2) is 11.5 Å². The van der Waals surface area contributed by atoms with Crippen LogP contribution in [0.1, 0.15) is 96.8 Å². The number of hydrogen-bond donors (Lipinski definition) is 0. The van der Waals surface area contributed by atoms with E-state index in [9.17, 15) is 9.59 Å². The van der Waals surface area contributed by atoms with Crippen molar-refractivity contribution in [3.8, 4) is 34.1 Å². The lowest BCUT2D eigenvalue weighted by atomic mass is 10.0. The minimum absolute atomic E-state index is 0.303. The number of methoxy groups -OCH3 is 3. The fraction of sp³-hybridized carbons (Fsp3) is 0.529. The van der Waals surface area contributed by atoms with Gasteiger partial charge in [-0.05, 0) is 24.1 Å². The number of rotatable bonds is 19. The first-order valence-corrected chi connectivity index (χ1v) is 15.1. The fourth-order valence-electron chi connectivity index (χ4n) is 5.13. The molecule has 0 aliphatic carbocycles. The molecule has 7 nitrogen and oxygen atoms in total. The number of unbranched alkanes of at least 4 members (excludes halogenated alkanes) is 12. The molecule has 0 radical (unpaired) electrons. The lowest BCUT2D eigenvalue weighted by molar-refractivity contribution is -0.134. The van der Waals surface area contributed by atoms with Gasteiger partial charge in [0.1, 0.15) is 17.1 Å². The second kappa shape index (κ2) is 17.4. The number of fused-ring (bicyclic) bond motifs is 1. The minimum atomic E-state index is -0.514. The molecule has 0 saturated heterocycles. The summed E-state index contributed by atoms with van der Waals surface area (Å²) in [5.74, 6) is 1.44. The average molecular weight is 567 g/mol. The fourth-order valence-corrected chi connectivity index (χ4v) is 5.13. The SMILES string of the molecule is CCCCCCCCCCCCCCCC(=O)Oc1cc(-c2cc(=O)oc3cc(OC)cc(OC)c23)ccc1OC. The third-order valence-corrected chi connectivity index (χ3v) is 7.42. The van der Waals surface area contributed by atoms with E-state index in [1.54, 1.807) is 37.4 Å². The van der Waals surface area contributed by atoms with Gasteiger partial charge in [0.2, 0.25) is 0 Å². The van der Waals surface area contributed by atoms with Crippen molar-refractivity contribution < 1.29 is 28.2 Å². The Kier molecular flexibility index (Phi) is 13.6. The van der Waals surface area contributed by atoms with Gasteiger partial charge in [0.25, 0.3) is 0 Å². The van der Waals surface area contributed by atoms with E-state index in [4.69, 9.17) is 23.4 Å². The molecule has 2 aromatic carbocycles. The molecular weight excluding hydrogens is 520 g/mol. The summed E-state index contributed by atoms with van der Waals surface area (Å²) in [5, 5.41) is 0.613. The summed E-state index contributed by atoms with van der Waals surface area (Å²) in [4.78, 5) is 25.1. The molecule has 7 heteroatoms. The Bertz CT molecular complexity index is 1290. The molecule has 0 unspecified atom stereocenters. The van der Waals surface area contributed by atoms with Gasteiger partial charge in [0.05, 0.1) is 26.7 Å². The van der Waals surface area contributed by atoms with Gasteiger partial charge in [-0.25, -0.2) is 4.79 Å². The Morgan fingerprint density at radius 1 is 0.683 bits per heavy atom. The summed E-state index contributed by atoms with van der Waals surface area (Å²) in [5.41, 5.74) is 1.07. The van der Waals surface area contributed by atoms with E-state index in [1.807, 2.05) is 0 Å². The van der Waals surface area contributed by atoms with E-state index in [1.165, 1.54) is 84.5 Å². The van der Waals surface area contributed by atoms with Crippen LogP contribution in [0.4, 0.5) is 0 Å². The van der Waals surface area contributed by atoms with Crippen LogP contribution in [0.15, 0.2) is 45.6 Å². The van der Waals surface area contributed by atoms with E-state index in [0.717, 1.165) is 19.3 Å². The van der Waals surface area contributed by atoms with Crippen LogP contribution in [0.2, 0.25) is 0 Å². The summed E-state index contributed by atoms with van der Waals surface area (Å²) < 4.78 is 27.5. The molecule has 0 N–H and O–H groups in total. The van der Waals surface area contributed by atoms with E-state index in [-0.39, 0.29) is 5.97 Å². The van der Waals surface area contributed by atoms with Crippen LogP contribution < -0.4 is 24.6 Å². The molecule has 0 aliphatic rings. The summed E-state index contributed by atoms with van der Waals surface area (Å²) in [6, 6.07) is 10.0. The van der Waals surface area contributed by atoms with Gasteiger partial charge >= 0.3 is 11.6 Å². The molecular formula is C34H46O7. The Morgan fingerprint density at radius 3 is 1.88 bits per heavy atom. The second-order valence-electron chi connectivity index (χ2n) is 10.5. The molecule has 0 bridgehead atoms. The first-order valence-electron chi connectivity index (χ1n) is 15.1. The van der Waals surface area contributed by atoms with Crippen molar-refractivity contribution >= 4 is 16.9 Å². The highest BCUT2D eigenvalue weighted by molar-refractivity contribution is 5.99. The number of carbonyl (C=O) groups is 1. The zero-order chi connectivity index (χ0) is 29.5. The van der Waals surface area contributed by atoms with Crippen LogP contribution in [-0.2, 0) is 4.79 Å². The van der Waals surface area contributed by atoms with E-state index in [2.05, 4.69) is 6.92 Å². The van der Waals surface area contributed by atoms with Crippen LogP contribution in [-0.4, -0.2) is 27.3 Å². The monoisotopic (exact) mass is 566 g/mol. The van der Waals surface area contributed by atoms with E-state index >= 15 is 0 Å². The van der Waals surface area contributed by atoms with E-state index < -0.39 is 5.63 Å². The van der Waals surface area contributed by atoms with Crippen LogP contribution in [0, 0.1) is 0 Å². The van der Waals surface area contributed by atoms with Gasteiger partial charge in [-0.2, -0.15) is 0 Å². The zero-order valence-corrected chi connectivity index (χ0v) is 25.2. The van der Waals surface area contributed by atoms with Crippen LogP contribution in [0.25, 0.3) is 22.1 Å². The van der Waals surface area contributed by atoms with Gasteiger partial charge in [-0.15, -0.1) is 0 Å².